The SMILES string of the molecule is CCc1nc(C)c(-c2cncc(Nc3ccc(C(F)(F)F)cc3)n2)n1Cc1ccccc1.Cc1noc(C)c1-c1cncc(Nc2ccc(C(F)(F)F)cc2)n1. The van der Waals surface area contributed by atoms with Crippen molar-refractivity contribution >= 4 is 23.0 Å². The summed E-state index contributed by atoms with van der Waals surface area (Å²) in [6.07, 6.45) is -1.70. The first-order chi connectivity index (χ1) is 26.7. The summed E-state index contributed by atoms with van der Waals surface area (Å²) in [5, 5.41) is 9.83. The molecule has 16 heteroatoms. The minimum Gasteiger partial charge on any atom is -0.361 e. The van der Waals surface area contributed by atoms with Crippen LogP contribution in [0.5, 0.6) is 0 Å². The highest BCUT2D eigenvalue weighted by atomic mass is 19.4. The number of aromatic nitrogens is 7. The standard InChI is InChI=1S/C24H22F3N5.C16H13F3N4O/c1-3-22-29-16(2)23(32(22)15-17-7-5-4-6-8-17)20-13-28-14-21(31-20)30-19-11-9-18(10-12-19)24(25,26)27;1-9-15(10(2)24-23-9)13-7-20-8-14(22-13)21-12-5-3-11(4-6-12)16(17,18)19/h4-14H,3,15H2,1-2H3,(H,30,31);3-8H,1-2H3,(H,21,22). The highest BCUT2D eigenvalue weighted by molar-refractivity contribution is 5.66. The molecule has 7 aromatic rings. The molecule has 4 aromatic heterocycles. The fraction of sp³-hybridized carbons (Fsp3) is 0.200. The Bertz CT molecular complexity index is 2370. The Balaban J connectivity index is 0.000000198. The van der Waals surface area contributed by atoms with Crippen molar-refractivity contribution in [1.82, 2.24) is 34.6 Å². The maximum absolute atomic E-state index is 12.8. The van der Waals surface area contributed by atoms with E-state index in [0.717, 1.165) is 59.0 Å². The normalized spacial score (nSPS) is 11.5. The number of alkyl halides is 6. The third-order valence-corrected chi connectivity index (χ3v) is 8.49. The Kier molecular flexibility index (Phi) is 11.5. The van der Waals surface area contributed by atoms with Crippen LogP contribution in [0, 0.1) is 20.8 Å². The number of hydrogen-bond acceptors (Lipinski definition) is 9. The number of imidazole rings is 1. The van der Waals surface area contributed by atoms with Crippen molar-refractivity contribution in [2.75, 3.05) is 10.6 Å². The molecule has 0 saturated heterocycles. The van der Waals surface area contributed by atoms with Gasteiger partial charge in [-0.3, -0.25) is 9.97 Å². The summed E-state index contributed by atoms with van der Waals surface area (Å²) in [5.74, 6) is 2.41. The Morgan fingerprint density at radius 2 is 1.14 bits per heavy atom. The van der Waals surface area contributed by atoms with Gasteiger partial charge in [-0.05, 0) is 74.9 Å². The van der Waals surface area contributed by atoms with Crippen LogP contribution in [0.3, 0.4) is 0 Å². The van der Waals surface area contributed by atoms with Crippen LogP contribution in [-0.4, -0.2) is 34.6 Å². The fourth-order valence-corrected chi connectivity index (χ4v) is 5.88. The molecule has 288 valence electrons. The number of halogens is 6. The first-order valence-corrected chi connectivity index (χ1v) is 17.3. The molecule has 0 aliphatic rings. The second-order valence-corrected chi connectivity index (χ2v) is 12.6. The monoisotopic (exact) mass is 771 g/mol. The summed E-state index contributed by atoms with van der Waals surface area (Å²) in [6.45, 7) is 8.21. The molecule has 3 aromatic carbocycles. The summed E-state index contributed by atoms with van der Waals surface area (Å²) >= 11 is 0. The average Bonchev–Trinajstić information content (AvgIpc) is 3.68. The molecule has 0 saturated carbocycles. The van der Waals surface area contributed by atoms with E-state index in [9.17, 15) is 26.3 Å². The van der Waals surface area contributed by atoms with Gasteiger partial charge in [-0.2, -0.15) is 26.3 Å². The van der Waals surface area contributed by atoms with Crippen molar-refractivity contribution in [2.24, 2.45) is 0 Å². The molecule has 0 fully saturated rings. The van der Waals surface area contributed by atoms with Gasteiger partial charge in [-0.15, -0.1) is 0 Å². The molecule has 2 N–H and O–H groups in total. The van der Waals surface area contributed by atoms with Gasteiger partial charge in [0.1, 0.15) is 28.9 Å². The van der Waals surface area contributed by atoms with Crippen molar-refractivity contribution in [3.63, 3.8) is 0 Å². The molecule has 0 amide bonds. The molecule has 10 nitrogen and oxygen atoms in total. The van der Waals surface area contributed by atoms with E-state index < -0.39 is 23.5 Å². The van der Waals surface area contributed by atoms with E-state index in [1.807, 2.05) is 25.1 Å². The summed E-state index contributed by atoms with van der Waals surface area (Å²) in [7, 11) is 0. The van der Waals surface area contributed by atoms with Gasteiger partial charge >= 0.3 is 12.4 Å². The molecule has 0 aliphatic heterocycles. The lowest BCUT2D eigenvalue weighted by Crippen LogP contribution is -2.08. The van der Waals surface area contributed by atoms with E-state index in [2.05, 4.69) is 59.3 Å². The zero-order chi connectivity index (χ0) is 40.0. The van der Waals surface area contributed by atoms with Crippen molar-refractivity contribution in [2.45, 2.75) is 53.0 Å². The molecule has 56 heavy (non-hydrogen) atoms. The van der Waals surface area contributed by atoms with Gasteiger partial charge < -0.3 is 19.7 Å². The topological polar surface area (TPSA) is 119 Å². The van der Waals surface area contributed by atoms with Crippen LogP contribution in [-0.2, 0) is 25.3 Å². The van der Waals surface area contributed by atoms with E-state index in [0.29, 0.717) is 52.4 Å². The third-order valence-electron chi connectivity index (χ3n) is 8.49. The lowest BCUT2D eigenvalue weighted by atomic mass is 10.1. The van der Waals surface area contributed by atoms with E-state index in [-0.39, 0.29) is 0 Å². The van der Waals surface area contributed by atoms with Crippen molar-refractivity contribution in [3.05, 3.63) is 143 Å². The number of anilines is 4. The maximum Gasteiger partial charge on any atom is 0.416 e. The predicted molar refractivity (Wildman–Crippen MR) is 199 cm³/mol. The first kappa shape index (κ1) is 39.1. The maximum atomic E-state index is 12.8. The van der Waals surface area contributed by atoms with Gasteiger partial charge in [0.2, 0.25) is 0 Å². The second-order valence-electron chi connectivity index (χ2n) is 12.6. The van der Waals surface area contributed by atoms with Crippen LogP contribution in [0.15, 0.2) is 108 Å². The van der Waals surface area contributed by atoms with Gasteiger partial charge in [-0.1, -0.05) is 42.4 Å². The van der Waals surface area contributed by atoms with E-state index in [1.54, 1.807) is 26.2 Å². The zero-order valence-electron chi connectivity index (χ0n) is 30.5. The van der Waals surface area contributed by atoms with Crippen LogP contribution in [0.2, 0.25) is 0 Å². The Morgan fingerprint density at radius 1 is 0.625 bits per heavy atom. The molecule has 0 bridgehead atoms. The number of nitrogens with one attached hydrogen (secondary N) is 2. The highest BCUT2D eigenvalue weighted by Crippen LogP contribution is 2.32. The van der Waals surface area contributed by atoms with Gasteiger partial charge in [0, 0.05) is 24.3 Å². The smallest absolute Gasteiger partial charge is 0.361 e. The zero-order valence-corrected chi connectivity index (χ0v) is 30.5. The summed E-state index contributed by atoms with van der Waals surface area (Å²) in [6, 6.07) is 19.6. The summed E-state index contributed by atoms with van der Waals surface area (Å²) in [5.41, 5.74) is 5.08. The van der Waals surface area contributed by atoms with Crippen molar-refractivity contribution in [1.29, 1.82) is 0 Å². The first-order valence-electron chi connectivity index (χ1n) is 17.3. The van der Waals surface area contributed by atoms with Gasteiger partial charge in [0.25, 0.3) is 0 Å². The van der Waals surface area contributed by atoms with Crippen molar-refractivity contribution in [3.8, 4) is 22.6 Å². The molecule has 0 spiro atoms. The number of nitrogens with zero attached hydrogens (tertiary/aromatic N) is 7. The number of aryl methyl sites for hydroxylation is 4. The molecular weight excluding hydrogens is 736 g/mol. The predicted octanol–water partition coefficient (Wildman–Crippen LogP) is 10.5. The van der Waals surface area contributed by atoms with Crippen LogP contribution in [0.1, 0.15) is 46.6 Å². The van der Waals surface area contributed by atoms with Gasteiger partial charge in [-0.25, -0.2) is 15.0 Å². The van der Waals surface area contributed by atoms with Gasteiger partial charge in [0.05, 0.1) is 64.3 Å². The molecule has 0 aliphatic carbocycles. The fourth-order valence-electron chi connectivity index (χ4n) is 5.88. The van der Waals surface area contributed by atoms with E-state index in [1.165, 1.54) is 36.7 Å². The van der Waals surface area contributed by atoms with Crippen LogP contribution in [0.4, 0.5) is 49.4 Å². The molecule has 0 unspecified atom stereocenters. The Hall–Kier alpha value is -6.58. The van der Waals surface area contributed by atoms with Crippen LogP contribution >= 0.6 is 0 Å². The summed E-state index contributed by atoms with van der Waals surface area (Å²) < 4.78 is 83.4. The van der Waals surface area contributed by atoms with Gasteiger partial charge in [0.15, 0.2) is 0 Å². The highest BCUT2D eigenvalue weighted by Gasteiger charge is 2.31. The molecule has 0 radical (unpaired) electrons. The van der Waals surface area contributed by atoms with E-state index in [4.69, 9.17) is 9.51 Å². The number of benzene rings is 3. The minimum atomic E-state index is -4.37. The lowest BCUT2D eigenvalue weighted by molar-refractivity contribution is -0.138. The molecule has 4 heterocycles. The molecular formula is C40H35F6N9O. The Morgan fingerprint density at radius 3 is 1.62 bits per heavy atom. The van der Waals surface area contributed by atoms with E-state index >= 15 is 0 Å². The van der Waals surface area contributed by atoms with Crippen LogP contribution in [0.25, 0.3) is 22.6 Å². The van der Waals surface area contributed by atoms with Crippen molar-refractivity contribution < 1.29 is 30.9 Å². The minimum absolute atomic E-state index is 0.409. The Labute approximate surface area is 317 Å². The van der Waals surface area contributed by atoms with Crippen LogP contribution < -0.4 is 10.6 Å². The number of hydrogen-bond donors (Lipinski definition) is 2. The third kappa shape index (κ3) is 9.37. The second kappa shape index (κ2) is 16.4. The quantitative estimate of drug-likeness (QED) is 0.138. The lowest BCUT2D eigenvalue weighted by Gasteiger charge is -2.13. The largest absolute Gasteiger partial charge is 0.416 e. The summed E-state index contributed by atoms with van der Waals surface area (Å²) in [4.78, 5) is 22.2. The molecule has 7 rings (SSSR count). The molecule has 0 atom stereocenters. The average molecular weight is 772 g/mol. The number of rotatable bonds is 9.